The number of aliphatic carboxylic acids is 1. The molecule has 0 aliphatic carbocycles. The Balaban J connectivity index is 3.88. The molecule has 0 aliphatic rings. The summed E-state index contributed by atoms with van der Waals surface area (Å²) in [7, 11) is 3.20. The third kappa shape index (κ3) is 7.48. The first-order chi connectivity index (χ1) is 8.36. The van der Waals surface area contributed by atoms with Crippen molar-refractivity contribution in [3.63, 3.8) is 0 Å². The van der Waals surface area contributed by atoms with Gasteiger partial charge >= 0.3 is 12.0 Å². The zero-order chi connectivity index (χ0) is 14.1. The molecule has 18 heavy (non-hydrogen) atoms. The first kappa shape index (κ1) is 16.2. The van der Waals surface area contributed by atoms with Crippen molar-refractivity contribution in [2.75, 3.05) is 27.2 Å². The van der Waals surface area contributed by atoms with Crippen LogP contribution >= 0.6 is 0 Å². The minimum Gasteiger partial charge on any atom is -0.481 e. The SMILES string of the molecule is CCC(CNC(=O)NCC(=O)N(C)C)CC(=O)O. The van der Waals surface area contributed by atoms with Gasteiger partial charge in [-0.1, -0.05) is 13.3 Å². The monoisotopic (exact) mass is 259 g/mol. The van der Waals surface area contributed by atoms with E-state index in [0.29, 0.717) is 6.42 Å². The number of carboxylic acid groups (broad SMARTS) is 1. The summed E-state index contributed by atoms with van der Waals surface area (Å²) in [5.41, 5.74) is 0. The number of nitrogens with one attached hydrogen (secondary N) is 2. The number of carbonyl (C=O) groups excluding carboxylic acids is 2. The van der Waals surface area contributed by atoms with Crippen molar-refractivity contribution in [2.24, 2.45) is 5.92 Å². The number of amides is 3. The predicted octanol–water partition coefficient (Wildman–Crippen LogP) is -0.125. The van der Waals surface area contributed by atoms with Crippen LogP contribution in [0.2, 0.25) is 0 Å². The van der Waals surface area contributed by atoms with Gasteiger partial charge in [0.1, 0.15) is 0 Å². The molecule has 0 fully saturated rings. The molecule has 7 heteroatoms. The topological polar surface area (TPSA) is 98.7 Å². The van der Waals surface area contributed by atoms with E-state index in [1.807, 2.05) is 6.92 Å². The molecule has 1 atom stereocenters. The molecule has 0 saturated carbocycles. The van der Waals surface area contributed by atoms with Gasteiger partial charge in [0, 0.05) is 27.1 Å². The third-order valence-electron chi connectivity index (χ3n) is 2.49. The van der Waals surface area contributed by atoms with Gasteiger partial charge in [-0.3, -0.25) is 9.59 Å². The molecular formula is C11H21N3O4. The van der Waals surface area contributed by atoms with E-state index in [4.69, 9.17) is 5.11 Å². The Morgan fingerprint density at radius 1 is 1.22 bits per heavy atom. The summed E-state index contributed by atoms with van der Waals surface area (Å²) in [6.45, 7) is 2.07. The van der Waals surface area contributed by atoms with E-state index in [1.165, 1.54) is 4.90 Å². The smallest absolute Gasteiger partial charge is 0.315 e. The van der Waals surface area contributed by atoms with Crippen LogP contribution in [0.15, 0.2) is 0 Å². The van der Waals surface area contributed by atoms with E-state index >= 15 is 0 Å². The number of rotatable bonds is 7. The van der Waals surface area contributed by atoms with E-state index in [2.05, 4.69) is 10.6 Å². The highest BCUT2D eigenvalue weighted by Crippen LogP contribution is 2.06. The summed E-state index contributed by atoms with van der Waals surface area (Å²) in [5.74, 6) is -1.19. The number of urea groups is 1. The maximum absolute atomic E-state index is 11.3. The third-order valence-corrected chi connectivity index (χ3v) is 2.49. The summed E-state index contributed by atoms with van der Waals surface area (Å²) in [6.07, 6.45) is 0.691. The Labute approximate surface area is 107 Å². The molecule has 0 radical (unpaired) electrons. The van der Waals surface area contributed by atoms with Gasteiger partial charge < -0.3 is 20.6 Å². The highest BCUT2D eigenvalue weighted by molar-refractivity contribution is 5.83. The van der Waals surface area contributed by atoms with Gasteiger partial charge in [0.25, 0.3) is 0 Å². The van der Waals surface area contributed by atoms with Crippen molar-refractivity contribution in [3.05, 3.63) is 0 Å². The summed E-state index contributed by atoms with van der Waals surface area (Å²) in [4.78, 5) is 34.4. The molecule has 0 bridgehead atoms. The van der Waals surface area contributed by atoms with E-state index < -0.39 is 12.0 Å². The largest absolute Gasteiger partial charge is 0.481 e. The lowest BCUT2D eigenvalue weighted by atomic mass is 10.0. The number of carbonyl (C=O) groups is 3. The molecule has 3 N–H and O–H groups in total. The fourth-order valence-corrected chi connectivity index (χ4v) is 1.22. The molecule has 0 aromatic heterocycles. The summed E-state index contributed by atoms with van der Waals surface area (Å²) in [6, 6.07) is -0.464. The van der Waals surface area contributed by atoms with Crippen LogP contribution in [0.3, 0.4) is 0 Å². The van der Waals surface area contributed by atoms with Gasteiger partial charge in [-0.15, -0.1) is 0 Å². The minimum atomic E-state index is -0.883. The highest BCUT2D eigenvalue weighted by atomic mass is 16.4. The van der Waals surface area contributed by atoms with Crippen molar-refractivity contribution >= 4 is 17.9 Å². The molecule has 7 nitrogen and oxygen atoms in total. The van der Waals surface area contributed by atoms with Crippen molar-refractivity contribution in [2.45, 2.75) is 19.8 Å². The average molecular weight is 259 g/mol. The van der Waals surface area contributed by atoms with Gasteiger partial charge in [-0.2, -0.15) is 0 Å². The van der Waals surface area contributed by atoms with E-state index in [9.17, 15) is 14.4 Å². The molecule has 0 rings (SSSR count). The Kier molecular flexibility index (Phi) is 7.50. The molecule has 1 unspecified atom stereocenters. The molecule has 0 saturated heterocycles. The molecule has 0 aromatic rings. The Hall–Kier alpha value is -1.79. The second-order valence-corrected chi connectivity index (χ2v) is 4.22. The predicted molar refractivity (Wildman–Crippen MR) is 66.1 cm³/mol. The number of carboxylic acids is 1. The molecule has 0 spiro atoms. The van der Waals surface area contributed by atoms with E-state index in [0.717, 1.165) is 0 Å². The maximum atomic E-state index is 11.3. The van der Waals surface area contributed by atoms with Gasteiger partial charge in [0.05, 0.1) is 6.54 Å². The first-order valence-corrected chi connectivity index (χ1v) is 5.80. The fourth-order valence-electron chi connectivity index (χ4n) is 1.22. The van der Waals surface area contributed by atoms with E-state index in [-0.39, 0.29) is 31.3 Å². The first-order valence-electron chi connectivity index (χ1n) is 5.80. The number of nitrogens with zero attached hydrogens (tertiary/aromatic N) is 1. The Morgan fingerprint density at radius 3 is 2.28 bits per heavy atom. The van der Waals surface area contributed by atoms with E-state index in [1.54, 1.807) is 14.1 Å². The van der Waals surface area contributed by atoms with Crippen molar-refractivity contribution in [1.29, 1.82) is 0 Å². The fraction of sp³-hybridized carbons (Fsp3) is 0.727. The summed E-state index contributed by atoms with van der Waals surface area (Å²) < 4.78 is 0. The zero-order valence-electron chi connectivity index (χ0n) is 11.0. The molecule has 0 aromatic carbocycles. The summed E-state index contributed by atoms with van der Waals surface area (Å²) in [5, 5.41) is 13.6. The normalized spacial score (nSPS) is 11.5. The summed E-state index contributed by atoms with van der Waals surface area (Å²) >= 11 is 0. The second-order valence-electron chi connectivity index (χ2n) is 4.22. The van der Waals surface area contributed by atoms with Crippen LogP contribution in [0.1, 0.15) is 19.8 Å². The maximum Gasteiger partial charge on any atom is 0.315 e. The van der Waals surface area contributed by atoms with Gasteiger partial charge in [-0.05, 0) is 5.92 Å². The van der Waals surface area contributed by atoms with Crippen molar-refractivity contribution in [1.82, 2.24) is 15.5 Å². The van der Waals surface area contributed by atoms with Crippen LogP contribution in [-0.4, -0.2) is 55.1 Å². The van der Waals surface area contributed by atoms with Crippen molar-refractivity contribution in [3.8, 4) is 0 Å². The Bertz CT molecular complexity index is 305. The molecule has 104 valence electrons. The molecule has 3 amide bonds. The van der Waals surface area contributed by atoms with Crippen LogP contribution in [-0.2, 0) is 9.59 Å². The zero-order valence-corrected chi connectivity index (χ0v) is 11.0. The quantitative estimate of drug-likeness (QED) is 0.593. The van der Waals surface area contributed by atoms with Gasteiger partial charge in [0.15, 0.2) is 0 Å². The standard InChI is InChI=1S/C11H21N3O4/c1-4-8(5-10(16)17)6-12-11(18)13-7-9(15)14(2)3/h8H,4-7H2,1-3H3,(H,16,17)(H2,12,13,18). The Morgan fingerprint density at radius 2 is 1.83 bits per heavy atom. The van der Waals surface area contributed by atoms with Crippen molar-refractivity contribution < 1.29 is 19.5 Å². The molecule has 0 heterocycles. The number of hydrogen-bond acceptors (Lipinski definition) is 3. The minimum absolute atomic E-state index is 0.0212. The average Bonchev–Trinajstić information content (AvgIpc) is 2.30. The lowest BCUT2D eigenvalue weighted by molar-refractivity contribution is -0.138. The lowest BCUT2D eigenvalue weighted by Gasteiger charge is -2.15. The van der Waals surface area contributed by atoms with Crippen LogP contribution in [0.25, 0.3) is 0 Å². The highest BCUT2D eigenvalue weighted by Gasteiger charge is 2.13. The second kappa shape index (κ2) is 8.32. The van der Waals surface area contributed by atoms with Crippen LogP contribution in [0, 0.1) is 5.92 Å². The number of hydrogen-bond donors (Lipinski definition) is 3. The number of likely N-dealkylation sites (N-methyl/N-ethyl adjacent to an activating group) is 1. The van der Waals surface area contributed by atoms with Crippen LogP contribution in [0.5, 0.6) is 0 Å². The lowest BCUT2D eigenvalue weighted by Crippen LogP contribution is -2.43. The van der Waals surface area contributed by atoms with Gasteiger partial charge in [-0.25, -0.2) is 4.79 Å². The van der Waals surface area contributed by atoms with Gasteiger partial charge in [0.2, 0.25) is 5.91 Å². The van der Waals surface area contributed by atoms with Crippen LogP contribution < -0.4 is 10.6 Å². The van der Waals surface area contributed by atoms with Crippen LogP contribution in [0.4, 0.5) is 4.79 Å². The molecule has 0 aliphatic heterocycles. The molecular weight excluding hydrogens is 238 g/mol.